The first-order chi connectivity index (χ1) is 7.34. The van der Waals surface area contributed by atoms with Crippen LogP contribution in [0.4, 0.5) is 5.69 Å². The Labute approximate surface area is 91.3 Å². The van der Waals surface area contributed by atoms with Gasteiger partial charge in [-0.3, -0.25) is 4.68 Å². The van der Waals surface area contributed by atoms with E-state index in [-0.39, 0.29) is 0 Å². The molecule has 0 aliphatic heterocycles. The zero-order valence-electron chi connectivity index (χ0n) is 7.84. The van der Waals surface area contributed by atoms with Crippen LogP contribution in [0.2, 0.25) is 5.15 Å². The van der Waals surface area contributed by atoms with Crippen molar-refractivity contribution < 1.29 is 0 Å². The van der Waals surface area contributed by atoms with Crippen LogP contribution in [0, 0.1) is 0 Å². The van der Waals surface area contributed by atoms with E-state index in [0.29, 0.717) is 5.15 Å². The molecular formula is C8H9ClN6. The summed E-state index contributed by atoms with van der Waals surface area (Å²) in [5, 5.41) is 14.9. The second-order valence-corrected chi connectivity index (χ2v) is 3.24. The molecule has 7 heteroatoms. The Balaban J connectivity index is 1.83. The smallest absolute Gasteiger partial charge is 0.153 e. The van der Waals surface area contributed by atoms with Gasteiger partial charge in [-0.05, 0) is 0 Å². The van der Waals surface area contributed by atoms with Crippen molar-refractivity contribution in [2.75, 3.05) is 11.9 Å². The van der Waals surface area contributed by atoms with E-state index in [9.17, 15) is 0 Å². The predicted octanol–water partition coefficient (Wildman–Crippen LogP) is 0.834. The molecule has 0 radical (unpaired) electrons. The summed E-state index contributed by atoms with van der Waals surface area (Å²) in [7, 11) is 0. The fourth-order valence-electron chi connectivity index (χ4n) is 1.10. The molecule has 0 fully saturated rings. The van der Waals surface area contributed by atoms with Gasteiger partial charge in [0.2, 0.25) is 0 Å². The first kappa shape index (κ1) is 9.85. The molecular weight excluding hydrogens is 216 g/mol. The fourth-order valence-corrected chi connectivity index (χ4v) is 1.26. The number of rotatable bonds is 4. The number of anilines is 1. The van der Waals surface area contributed by atoms with E-state index in [0.717, 1.165) is 18.8 Å². The number of hydrogen-bond donors (Lipinski definition) is 1. The second kappa shape index (κ2) is 4.70. The maximum atomic E-state index is 5.68. The summed E-state index contributed by atoms with van der Waals surface area (Å²) in [5.41, 5.74) is 0.843. The van der Waals surface area contributed by atoms with Crippen molar-refractivity contribution in [2.24, 2.45) is 0 Å². The summed E-state index contributed by atoms with van der Waals surface area (Å²) in [6.45, 7) is 1.46. The summed E-state index contributed by atoms with van der Waals surface area (Å²) in [6.07, 6.45) is 4.79. The van der Waals surface area contributed by atoms with E-state index >= 15 is 0 Å². The zero-order valence-corrected chi connectivity index (χ0v) is 8.59. The van der Waals surface area contributed by atoms with Gasteiger partial charge in [0.05, 0.1) is 18.4 Å². The highest BCUT2D eigenvalue weighted by Gasteiger charge is 1.95. The molecule has 0 bridgehead atoms. The van der Waals surface area contributed by atoms with Crippen LogP contribution >= 0.6 is 11.6 Å². The summed E-state index contributed by atoms with van der Waals surface area (Å²) < 4.78 is 1.74. The molecule has 78 valence electrons. The van der Waals surface area contributed by atoms with Crippen LogP contribution < -0.4 is 5.32 Å². The van der Waals surface area contributed by atoms with E-state index in [2.05, 4.69) is 25.6 Å². The van der Waals surface area contributed by atoms with Crippen LogP contribution in [0.3, 0.4) is 0 Å². The second-order valence-electron chi connectivity index (χ2n) is 2.85. The summed E-state index contributed by atoms with van der Waals surface area (Å²) >= 11 is 5.68. The van der Waals surface area contributed by atoms with E-state index in [1.807, 2.05) is 0 Å². The van der Waals surface area contributed by atoms with Crippen LogP contribution in [0.15, 0.2) is 24.9 Å². The normalized spacial score (nSPS) is 10.2. The van der Waals surface area contributed by atoms with Gasteiger partial charge in [0, 0.05) is 12.6 Å². The highest BCUT2D eigenvalue weighted by molar-refractivity contribution is 6.29. The first-order valence-electron chi connectivity index (χ1n) is 4.39. The highest BCUT2D eigenvalue weighted by atomic mass is 35.5. The van der Waals surface area contributed by atoms with Crippen molar-refractivity contribution in [1.82, 2.24) is 25.0 Å². The van der Waals surface area contributed by atoms with E-state index in [1.54, 1.807) is 23.3 Å². The molecule has 0 aliphatic rings. The SMILES string of the molecule is Clc1cc(NCCn2cncn2)cnn1. The van der Waals surface area contributed by atoms with Crippen LogP contribution in [0.5, 0.6) is 0 Å². The Hall–Kier alpha value is -1.69. The predicted molar refractivity (Wildman–Crippen MR) is 55.6 cm³/mol. The van der Waals surface area contributed by atoms with E-state index in [4.69, 9.17) is 11.6 Å². The highest BCUT2D eigenvalue weighted by Crippen LogP contribution is 2.09. The van der Waals surface area contributed by atoms with E-state index in [1.165, 1.54) is 6.33 Å². The van der Waals surface area contributed by atoms with Crippen LogP contribution in [0.25, 0.3) is 0 Å². The Morgan fingerprint density at radius 1 is 1.47 bits per heavy atom. The van der Waals surface area contributed by atoms with Gasteiger partial charge in [-0.25, -0.2) is 4.98 Å². The summed E-state index contributed by atoms with van der Waals surface area (Å²) in [6, 6.07) is 1.72. The third-order valence-electron chi connectivity index (χ3n) is 1.76. The van der Waals surface area contributed by atoms with Crippen LogP contribution in [-0.4, -0.2) is 31.5 Å². The molecule has 0 saturated carbocycles. The standard InChI is InChI=1S/C8H9ClN6/c9-8-3-7(4-12-14-8)11-1-2-15-6-10-5-13-15/h3-6H,1-2H2,(H,11,14). The maximum absolute atomic E-state index is 5.68. The van der Waals surface area contributed by atoms with Gasteiger partial charge in [-0.1, -0.05) is 11.6 Å². The van der Waals surface area contributed by atoms with Gasteiger partial charge >= 0.3 is 0 Å². The van der Waals surface area contributed by atoms with Crippen molar-refractivity contribution in [2.45, 2.75) is 6.54 Å². The molecule has 6 nitrogen and oxygen atoms in total. The lowest BCUT2D eigenvalue weighted by Gasteiger charge is -2.04. The number of halogens is 1. The van der Waals surface area contributed by atoms with Crippen molar-refractivity contribution in [3.63, 3.8) is 0 Å². The molecule has 0 spiro atoms. The van der Waals surface area contributed by atoms with Gasteiger partial charge < -0.3 is 5.32 Å². The molecule has 0 unspecified atom stereocenters. The van der Waals surface area contributed by atoms with Gasteiger partial charge in [0.25, 0.3) is 0 Å². The van der Waals surface area contributed by atoms with Crippen LogP contribution in [-0.2, 0) is 6.54 Å². The van der Waals surface area contributed by atoms with Crippen molar-refractivity contribution in [3.8, 4) is 0 Å². The lowest BCUT2D eigenvalue weighted by Crippen LogP contribution is -2.11. The molecule has 1 N–H and O–H groups in total. The third kappa shape index (κ3) is 2.88. The van der Waals surface area contributed by atoms with Crippen molar-refractivity contribution in [1.29, 1.82) is 0 Å². The number of nitrogens with zero attached hydrogens (tertiary/aromatic N) is 5. The molecule has 0 amide bonds. The quantitative estimate of drug-likeness (QED) is 0.833. The molecule has 15 heavy (non-hydrogen) atoms. The Morgan fingerprint density at radius 3 is 3.13 bits per heavy atom. The van der Waals surface area contributed by atoms with Gasteiger partial charge in [0.1, 0.15) is 12.7 Å². The van der Waals surface area contributed by atoms with Gasteiger partial charge in [-0.15, -0.1) is 5.10 Å². The maximum Gasteiger partial charge on any atom is 0.153 e. The minimum Gasteiger partial charge on any atom is -0.382 e. The Bertz CT molecular complexity index is 415. The molecule has 2 heterocycles. The molecule has 2 aromatic heterocycles. The van der Waals surface area contributed by atoms with Gasteiger partial charge in [-0.2, -0.15) is 10.2 Å². The number of hydrogen-bond acceptors (Lipinski definition) is 5. The average molecular weight is 225 g/mol. The minimum absolute atomic E-state index is 0.376. The van der Waals surface area contributed by atoms with Crippen LogP contribution in [0.1, 0.15) is 0 Å². The largest absolute Gasteiger partial charge is 0.382 e. The lowest BCUT2D eigenvalue weighted by atomic mass is 10.4. The molecule has 0 aromatic carbocycles. The molecule has 0 aliphatic carbocycles. The summed E-state index contributed by atoms with van der Waals surface area (Å²) in [5.74, 6) is 0. The van der Waals surface area contributed by atoms with Crippen molar-refractivity contribution in [3.05, 3.63) is 30.1 Å². The molecule has 2 aromatic rings. The summed E-state index contributed by atoms with van der Waals surface area (Å²) in [4.78, 5) is 3.84. The number of nitrogens with one attached hydrogen (secondary N) is 1. The average Bonchev–Trinajstić information content (AvgIpc) is 2.71. The van der Waals surface area contributed by atoms with E-state index < -0.39 is 0 Å². The number of aromatic nitrogens is 5. The van der Waals surface area contributed by atoms with Gasteiger partial charge in [0.15, 0.2) is 5.15 Å². The monoisotopic (exact) mass is 224 g/mol. The molecule has 2 rings (SSSR count). The molecule has 0 saturated heterocycles. The first-order valence-corrected chi connectivity index (χ1v) is 4.77. The minimum atomic E-state index is 0.376. The third-order valence-corrected chi connectivity index (χ3v) is 1.95. The van der Waals surface area contributed by atoms with Crippen molar-refractivity contribution >= 4 is 17.3 Å². The Kier molecular flexibility index (Phi) is 3.08. The molecule has 0 atom stereocenters. The fraction of sp³-hybridized carbons (Fsp3) is 0.250. The lowest BCUT2D eigenvalue weighted by molar-refractivity contribution is 0.636. The topological polar surface area (TPSA) is 68.5 Å². The Morgan fingerprint density at radius 2 is 2.40 bits per heavy atom. The zero-order chi connectivity index (χ0) is 10.5.